The maximum atomic E-state index is 14.0. The van der Waals surface area contributed by atoms with Crippen molar-refractivity contribution in [3.8, 4) is 11.1 Å². The predicted octanol–water partition coefficient (Wildman–Crippen LogP) is 4.90. The summed E-state index contributed by atoms with van der Waals surface area (Å²) < 4.78 is 27.9. The van der Waals surface area contributed by atoms with Crippen LogP contribution in [0.15, 0.2) is 36.4 Å². The number of nitrogens with zero attached hydrogens (tertiary/aromatic N) is 1. The quantitative estimate of drug-likeness (QED) is 0.431. The van der Waals surface area contributed by atoms with Gasteiger partial charge >= 0.3 is 0 Å². The van der Waals surface area contributed by atoms with Crippen LogP contribution in [-0.4, -0.2) is 47.9 Å². The third-order valence-electron chi connectivity index (χ3n) is 6.90. The van der Waals surface area contributed by atoms with E-state index < -0.39 is 11.6 Å². The fourth-order valence-electron chi connectivity index (χ4n) is 5.16. The van der Waals surface area contributed by atoms with Gasteiger partial charge in [-0.05, 0) is 80.7 Å². The van der Waals surface area contributed by atoms with Crippen LogP contribution in [0.3, 0.4) is 0 Å². The molecule has 186 valence electrons. The zero-order valence-corrected chi connectivity index (χ0v) is 20.3. The average Bonchev–Trinajstić information content (AvgIpc) is 3.52. The molecule has 1 saturated heterocycles. The van der Waals surface area contributed by atoms with Crippen LogP contribution in [0.5, 0.6) is 0 Å². The molecule has 1 aromatic heterocycles. The molecule has 3 N–H and O–H groups in total. The zero-order chi connectivity index (χ0) is 25.4. The molecule has 3 heterocycles. The Labute approximate surface area is 208 Å². The highest BCUT2D eigenvalue weighted by Gasteiger charge is 2.28. The summed E-state index contributed by atoms with van der Waals surface area (Å²) in [5.74, 6) is -1.86. The lowest BCUT2D eigenvalue weighted by Gasteiger charge is -2.14. The summed E-state index contributed by atoms with van der Waals surface area (Å²) in [5, 5.41) is 5.84. The number of nitrogens with one attached hydrogen (secondary N) is 3. The Morgan fingerprint density at radius 3 is 2.56 bits per heavy atom. The highest BCUT2D eigenvalue weighted by atomic mass is 19.1. The molecule has 0 spiro atoms. The number of aromatic amines is 1. The van der Waals surface area contributed by atoms with Gasteiger partial charge in [0, 0.05) is 41.8 Å². The number of carbonyl (C=O) groups excluding carboxylic acids is 2. The van der Waals surface area contributed by atoms with Gasteiger partial charge in [0.15, 0.2) is 0 Å². The molecule has 1 fully saturated rings. The van der Waals surface area contributed by atoms with E-state index in [1.807, 2.05) is 13.8 Å². The summed E-state index contributed by atoms with van der Waals surface area (Å²) in [5.41, 5.74) is 4.99. The molecule has 5 rings (SSSR count). The number of hydrogen-bond donors (Lipinski definition) is 3. The molecule has 2 amide bonds. The second-order valence-corrected chi connectivity index (χ2v) is 9.37. The summed E-state index contributed by atoms with van der Waals surface area (Å²) >= 11 is 0. The smallest absolute Gasteiger partial charge is 0.256 e. The number of H-pyrrole nitrogens is 1. The first-order chi connectivity index (χ1) is 17.3. The highest BCUT2D eigenvalue weighted by Crippen LogP contribution is 2.41. The summed E-state index contributed by atoms with van der Waals surface area (Å²) in [6.45, 7) is 7.21. The Hall–Kier alpha value is -3.78. The molecule has 0 atom stereocenters. The van der Waals surface area contributed by atoms with Crippen LogP contribution in [0.4, 0.5) is 14.5 Å². The van der Waals surface area contributed by atoms with Crippen molar-refractivity contribution in [3.05, 3.63) is 76.1 Å². The first kappa shape index (κ1) is 23.9. The van der Waals surface area contributed by atoms with Crippen molar-refractivity contribution in [2.45, 2.75) is 26.7 Å². The summed E-state index contributed by atoms with van der Waals surface area (Å²) in [6.07, 6.45) is 4.10. The van der Waals surface area contributed by atoms with E-state index in [0.29, 0.717) is 51.4 Å². The van der Waals surface area contributed by atoms with Crippen LogP contribution in [0.1, 0.15) is 45.7 Å². The van der Waals surface area contributed by atoms with Gasteiger partial charge in [0.05, 0.1) is 11.1 Å². The zero-order valence-electron chi connectivity index (χ0n) is 20.3. The molecule has 36 heavy (non-hydrogen) atoms. The fraction of sp³-hybridized carbons (Fsp3) is 0.286. The van der Waals surface area contributed by atoms with Crippen molar-refractivity contribution < 1.29 is 18.4 Å². The first-order valence-electron chi connectivity index (χ1n) is 12.1. The molecule has 8 heteroatoms. The SMILES string of the molecule is Cc1[nH]c(/C=C2\C(=O)Nc3cccc(-c4cc(F)cc(F)c4)c32)c(C)c1C(=O)NCCN1CCCC1. The van der Waals surface area contributed by atoms with Crippen LogP contribution in [0.25, 0.3) is 22.8 Å². The third-order valence-corrected chi connectivity index (χ3v) is 6.90. The van der Waals surface area contributed by atoms with Crippen molar-refractivity contribution in [1.29, 1.82) is 0 Å². The van der Waals surface area contributed by atoms with Crippen LogP contribution >= 0.6 is 0 Å². The number of fused-ring (bicyclic) bond motifs is 1. The number of amides is 2. The van der Waals surface area contributed by atoms with Gasteiger partial charge in [-0.25, -0.2) is 8.78 Å². The number of carbonyl (C=O) groups is 2. The van der Waals surface area contributed by atoms with E-state index in [9.17, 15) is 18.4 Å². The van der Waals surface area contributed by atoms with Gasteiger partial charge in [0.1, 0.15) is 11.6 Å². The minimum absolute atomic E-state index is 0.155. The molecule has 0 bridgehead atoms. The number of anilines is 1. The second-order valence-electron chi connectivity index (χ2n) is 9.37. The number of benzene rings is 2. The van der Waals surface area contributed by atoms with Crippen molar-refractivity contribution in [3.63, 3.8) is 0 Å². The van der Waals surface area contributed by atoms with Crippen molar-refractivity contribution in [2.24, 2.45) is 0 Å². The molecule has 6 nitrogen and oxygen atoms in total. The molecular formula is C28H28F2N4O2. The highest BCUT2D eigenvalue weighted by molar-refractivity contribution is 6.36. The minimum Gasteiger partial charge on any atom is -0.358 e. The Morgan fingerprint density at radius 1 is 1.11 bits per heavy atom. The Balaban J connectivity index is 1.46. The van der Waals surface area contributed by atoms with E-state index in [2.05, 4.69) is 20.5 Å². The minimum atomic E-state index is -0.693. The van der Waals surface area contributed by atoms with Gasteiger partial charge in [-0.2, -0.15) is 0 Å². The van der Waals surface area contributed by atoms with E-state index in [0.717, 1.165) is 31.3 Å². The molecule has 0 radical (unpaired) electrons. The van der Waals surface area contributed by atoms with E-state index in [4.69, 9.17) is 0 Å². The molecule has 2 aliphatic rings. The van der Waals surface area contributed by atoms with E-state index >= 15 is 0 Å². The summed E-state index contributed by atoms with van der Waals surface area (Å²) in [4.78, 5) is 31.5. The number of hydrogen-bond acceptors (Lipinski definition) is 3. The average molecular weight is 491 g/mol. The monoisotopic (exact) mass is 490 g/mol. The predicted molar refractivity (Wildman–Crippen MR) is 137 cm³/mol. The van der Waals surface area contributed by atoms with Crippen molar-refractivity contribution in [2.75, 3.05) is 31.5 Å². The van der Waals surface area contributed by atoms with Gasteiger partial charge in [-0.1, -0.05) is 12.1 Å². The van der Waals surface area contributed by atoms with E-state index in [1.54, 1.807) is 24.3 Å². The van der Waals surface area contributed by atoms with Crippen LogP contribution in [-0.2, 0) is 4.79 Å². The van der Waals surface area contributed by atoms with Gasteiger partial charge in [-0.3, -0.25) is 9.59 Å². The fourth-order valence-corrected chi connectivity index (χ4v) is 5.16. The topological polar surface area (TPSA) is 77.2 Å². The van der Waals surface area contributed by atoms with Crippen molar-refractivity contribution >= 4 is 29.2 Å². The molecule has 2 aliphatic heterocycles. The number of likely N-dealkylation sites (tertiary alicyclic amines) is 1. The molecule has 0 unspecified atom stereocenters. The number of aryl methyl sites for hydroxylation is 1. The number of aromatic nitrogens is 1. The molecule has 2 aromatic carbocycles. The van der Waals surface area contributed by atoms with Gasteiger partial charge in [0.2, 0.25) is 0 Å². The standard InChI is InChI=1S/C28H28F2N4O2/c1-16-24(32-17(2)25(16)28(36)31-8-11-34-9-3-4-10-34)15-22-26-21(6-5-7-23(26)33-27(22)35)18-12-19(29)14-20(30)13-18/h5-7,12-15,32H,3-4,8-11H2,1-2H3,(H,31,36)(H,33,35)/b22-15-. The Kier molecular flexibility index (Phi) is 6.45. The van der Waals surface area contributed by atoms with Gasteiger partial charge < -0.3 is 20.5 Å². The lowest BCUT2D eigenvalue weighted by Crippen LogP contribution is -2.33. The van der Waals surface area contributed by atoms with E-state index in [1.165, 1.54) is 25.0 Å². The maximum Gasteiger partial charge on any atom is 0.256 e. The van der Waals surface area contributed by atoms with Crippen molar-refractivity contribution in [1.82, 2.24) is 15.2 Å². The third kappa shape index (κ3) is 4.56. The van der Waals surface area contributed by atoms with E-state index in [-0.39, 0.29) is 11.8 Å². The Morgan fingerprint density at radius 2 is 1.83 bits per heavy atom. The summed E-state index contributed by atoms with van der Waals surface area (Å²) in [6, 6.07) is 8.51. The first-order valence-corrected chi connectivity index (χ1v) is 12.1. The number of rotatable bonds is 6. The van der Waals surface area contributed by atoms with Gasteiger partial charge in [-0.15, -0.1) is 0 Å². The molecule has 3 aromatic rings. The maximum absolute atomic E-state index is 14.0. The van der Waals surface area contributed by atoms with Crippen LogP contribution < -0.4 is 10.6 Å². The number of halogens is 2. The van der Waals surface area contributed by atoms with Crippen LogP contribution in [0, 0.1) is 25.5 Å². The Bertz CT molecular complexity index is 1370. The normalized spacial score (nSPS) is 16.4. The molecule has 0 aliphatic carbocycles. The summed E-state index contributed by atoms with van der Waals surface area (Å²) in [7, 11) is 0. The van der Waals surface area contributed by atoms with Crippen LogP contribution in [0.2, 0.25) is 0 Å². The lowest BCUT2D eigenvalue weighted by atomic mass is 9.94. The second kappa shape index (κ2) is 9.70. The lowest BCUT2D eigenvalue weighted by molar-refractivity contribution is -0.110. The largest absolute Gasteiger partial charge is 0.358 e. The molecule has 0 saturated carbocycles. The molecular weight excluding hydrogens is 462 g/mol. The van der Waals surface area contributed by atoms with Gasteiger partial charge in [0.25, 0.3) is 11.8 Å².